The number of aromatic nitrogens is 5. The Hall–Kier alpha value is -4.01. The monoisotopic (exact) mass is 492 g/mol. The average Bonchev–Trinajstić information content (AvgIpc) is 3.41. The molecule has 11 nitrogen and oxygen atoms in total. The summed E-state index contributed by atoms with van der Waals surface area (Å²) in [5.41, 5.74) is 3.02. The maximum absolute atomic E-state index is 12.8. The van der Waals surface area contributed by atoms with Crippen molar-refractivity contribution in [2.24, 2.45) is 5.92 Å². The summed E-state index contributed by atoms with van der Waals surface area (Å²) in [5.74, 6) is -0.819. The Labute approximate surface area is 204 Å². The molecule has 12 heteroatoms. The summed E-state index contributed by atoms with van der Waals surface area (Å²) < 4.78 is 6.99. The second-order valence-corrected chi connectivity index (χ2v) is 8.62. The van der Waals surface area contributed by atoms with Crippen LogP contribution in [0, 0.1) is 17.2 Å². The molecule has 4 heterocycles. The minimum atomic E-state index is -0.448. The van der Waals surface area contributed by atoms with E-state index in [1.165, 1.54) is 6.20 Å². The molecule has 0 unspecified atom stereocenters. The van der Waals surface area contributed by atoms with Gasteiger partial charge in [-0.25, -0.2) is 9.97 Å². The van der Waals surface area contributed by atoms with Crippen molar-refractivity contribution in [2.45, 2.75) is 6.54 Å². The van der Waals surface area contributed by atoms with Crippen LogP contribution in [-0.2, 0) is 16.1 Å². The van der Waals surface area contributed by atoms with E-state index in [2.05, 4.69) is 26.3 Å². The lowest BCUT2D eigenvalue weighted by Crippen LogP contribution is -2.52. The molecular formula is C23H21ClN8O3. The molecule has 1 aliphatic heterocycles. The van der Waals surface area contributed by atoms with Crippen LogP contribution < -0.4 is 5.32 Å². The van der Waals surface area contributed by atoms with Gasteiger partial charge in [0.25, 0.3) is 5.91 Å². The first-order chi connectivity index (χ1) is 17.0. The number of likely N-dealkylation sites (tertiary alicyclic amines) is 1. The maximum atomic E-state index is 12.8. The van der Waals surface area contributed by atoms with Crippen LogP contribution in [0.3, 0.4) is 0 Å². The first-order valence-corrected chi connectivity index (χ1v) is 11.3. The number of carbonyl (C=O) groups is 2. The van der Waals surface area contributed by atoms with E-state index in [0.29, 0.717) is 53.8 Å². The third kappa shape index (κ3) is 4.29. The van der Waals surface area contributed by atoms with Crippen LogP contribution in [0.2, 0.25) is 5.02 Å². The van der Waals surface area contributed by atoms with Crippen LogP contribution in [0.25, 0.3) is 33.5 Å². The fraction of sp³-hybridized carbons (Fsp3) is 0.304. The number of fused-ring (bicyclic) bond motifs is 2. The van der Waals surface area contributed by atoms with E-state index >= 15 is 0 Å². The summed E-state index contributed by atoms with van der Waals surface area (Å²) in [6, 6.07) is 7.60. The molecular weight excluding hydrogens is 472 g/mol. The zero-order chi connectivity index (χ0) is 24.5. The van der Waals surface area contributed by atoms with Crippen LogP contribution in [0.5, 0.6) is 0 Å². The third-order valence-electron chi connectivity index (χ3n) is 5.91. The smallest absolute Gasteiger partial charge is 0.255 e. The van der Waals surface area contributed by atoms with Crippen molar-refractivity contribution >= 4 is 45.5 Å². The SMILES string of the molecule is COCCn1nc(-c2cnc3[nH]cc(C(=O)NCC(=O)N4CC(C#N)C4)c3n2)c2ccc(Cl)cc21. The van der Waals surface area contributed by atoms with Crippen LogP contribution in [0.15, 0.2) is 30.6 Å². The van der Waals surface area contributed by atoms with Gasteiger partial charge in [0.05, 0.1) is 49.0 Å². The highest BCUT2D eigenvalue weighted by Crippen LogP contribution is 2.30. The number of hydrogen-bond acceptors (Lipinski definition) is 7. The molecule has 0 atom stereocenters. The highest BCUT2D eigenvalue weighted by atomic mass is 35.5. The molecule has 1 aliphatic rings. The van der Waals surface area contributed by atoms with E-state index in [-0.39, 0.29) is 23.9 Å². The number of halogens is 1. The van der Waals surface area contributed by atoms with Gasteiger partial charge in [-0.2, -0.15) is 10.4 Å². The molecule has 0 radical (unpaired) electrons. The molecule has 178 valence electrons. The maximum Gasteiger partial charge on any atom is 0.255 e. The van der Waals surface area contributed by atoms with Gasteiger partial charge >= 0.3 is 0 Å². The molecule has 0 spiro atoms. The van der Waals surface area contributed by atoms with Crippen LogP contribution in [0.1, 0.15) is 10.4 Å². The summed E-state index contributed by atoms with van der Waals surface area (Å²) in [5, 5.41) is 17.6. The quantitative estimate of drug-likeness (QED) is 0.401. The number of benzene rings is 1. The van der Waals surface area contributed by atoms with Crippen molar-refractivity contribution in [1.82, 2.24) is 34.9 Å². The minimum absolute atomic E-state index is 0.137. The summed E-state index contributed by atoms with van der Waals surface area (Å²) in [6.45, 7) is 1.63. The fourth-order valence-corrected chi connectivity index (χ4v) is 4.16. The van der Waals surface area contributed by atoms with Crippen molar-refractivity contribution in [2.75, 3.05) is 33.4 Å². The van der Waals surface area contributed by atoms with Crippen LogP contribution in [-0.4, -0.2) is 74.8 Å². The minimum Gasteiger partial charge on any atom is -0.383 e. The van der Waals surface area contributed by atoms with E-state index in [9.17, 15) is 9.59 Å². The molecule has 0 saturated carbocycles. The molecule has 2 N–H and O–H groups in total. The zero-order valence-electron chi connectivity index (χ0n) is 18.8. The normalized spacial score (nSPS) is 13.7. The van der Waals surface area contributed by atoms with Gasteiger partial charge in [-0.3, -0.25) is 14.3 Å². The standard InChI is InChI=1S/C23H21ClN8O3/c1-35-5-4-32-18-6-14(24)2-3-15(18)20(30-32)17-9-27-22-21(29-17)16(8-26-22)23(34)28-10-19(33)31-11-13(7-25)12-31/h2-3,6,8-9,13H,4-5,10-12H2,1H3,(H,26,27)(H,28,34). The number of H-pyrrole nitrogens is 1. The number of hydrogen-bond donors (Lipinski definition) is 2. The lowest BCUT2D eigenvalue weighted by Gasteiger charge is -2.35. The molecule has 0 bridgehead atoms. The van der Waals surface area contributed by atoms with E-state index in [0.717, 1.165) is 10.9 Å². The zero-order valence-corrected chi connectivity index (χ0v) is 19.5. The van der Waals surface area contributed by atoms with Crippen molar-refractivity contribution in [3.05, 3.63) is 41.2 Å². The lowest BCUT2D eigenvalue weighted by atomic mass is 10.0. The molecule has 1 aromatic carbocycles. The Bertz CT molecular complexity index is 1480. The van der Waals surface area contributed by atoms with Gasteiger partial charge in [-0.05, 0) is 18.2 Å². The Kier molecular flexibility index (Phi) is 6.07. The van der Waals surface area contributed by atoms with Crippen LogP contribution in [0.4, 0.5) is 0 Å². The van der Waals surface area contributed by atoms with Gasteiger partial charge in [0.2, 0.25) is 5.91 Å². The number of nitriles is 1. The fourth-order valence-electron chi connectivity index (χ4n) is 3.99. The van der Waals surface area contributed by atoms with E-state index in [1.807, 2.05) is 12.1 Å². The van der Waals surface area contributed by atoms with Crippen molar-refractivity contribution < 1.29 is 14.3 Å². The molecule has 2 amide bonds. The van der Waals surface area contributed by atoms with Gasteiger partial charge < -0.3 is 19.9 Å². The van der Waals surface area contributed by atoms with E-state index < -0.39 is 5.91 Å². The van der Waals surface area contributed by atoms with Gasteiger partial charge in [0, 0.05) is 36.8 Å². The van der Waals surface area contributed by atoms with Crippen molar-refractivity contribution in [3.8, 4) is 17.5 Å². The number of nitrogens with one attached hydrogen (secondary N) is 2. The lowest BCUT2D eigenvalue weighted by molar-refractivity contribution is -0.135. The Morgan fingerprint density at radius 1 is 1.37 bits per heavy atom. The second-order valence-electron chi connectivity index (χ2n) is 8.19. The Morgan fingerprint density at radius 2 is 2.20 bits per heavy atom. The first-order valence-electron chi connectivity index (χ1n) is 10.9. The van der Waals surface area contributed by atoms with Crippen molar-refractivity contribution in [1.29, 1.82) is 5.26 Å². The molecule has 1 saturated heterocycles. The Balaban J connectivity index is 1.42. The molecule has 4 aromatic rings. The topological polar surface area (TPSA) is 142 Å². The third-order valence-corrected chi connectivity index (χ3v) is 6.14. The number of rotatable bonds is 7. The second kappa shape index (κ2) is 9.32. The van der Waals surface area contributed by atoms with Crippen LogP contribution >= 0.6 is 11.6 Å². The largest absolute Gasteiger partial charge is 0.383 e. The molecule has 0 aliphatic carbocycles. The van der Waals surface area contributed by atoms with Gasteiger partial charge in [-0.1, -0.05) is 11.6 Å². The highest BCUT2D eigenvalue weighted by Gasteiger charge is 2.30. The summed E-state index contributed by atoms with van der Waals surface area (Å²) in [6.07, 6.45) is 3.11. The number of aromatic amines is 1. The highest BCUT2D eigenvalue weighted by molar-refractivity contribution is 6.31. The summed E-state index contributed by atoms with van der Waals surface area (Å²) in [7, 11) is 1.62. The predicted molar refractivity (Wildman–Crippen MR) is 128 cm³/mol. The molecule has 3 aromatic heterocycles. The molecule has 35 heavy (non-hydrogen) atoms. The molecule has 1 fully saturated rings. The van der Waals surface area contributed by atoms with E-state index in [4.69, 9.17) is 26.7 Å². The summed E-state index contributed by atoms with van der Waals surface area (Å²) >= 11 is 6.21. The number of nitrogens with zero attached hydrogens (tertiary/aromatic N) is 6. The first kappa shape index (κ1) is 22.8. The Morgan fingerprint density at radius 3 is 2.97 bits per heavy atom. The number of carbonyl (C=O) groups excluding carboxylic acids is 2. The van der Waals surface area contributed by atoms with Gasteiger partial charge in [-0.15, -0.1) is 0 Å². The van der Waals surface area contributed by atoms with Crippen molar-refractivity contribution in [3.63, 3.8) is 0 Å². The van der Waals surface area contributed by atoms with E-state index in [1.54, 1.807) is 29.0 Å². The number of ether oxygens (including phenoxy) is 1. The van der Waals surface area contributed by atoms with Gasteiger partial charge in [0.15, 0.2) is 5.65 Å². The predicted octanol–water partition coefficient (Wildman–Crippen LogP) is 1.99. The average molecular weight is 493 g/mol. The molecule has 5 rings (SSSR count). The number of amides is 2. The van der Waals surface area contributed by atoms with Gasteiger partial charge in [0.1, 0.15) is 16.9 Å². The number of methoxy groups -OCH3 is 1. The summed E-state index contributed by atoms with van der Waals surface area (Å²) in [4.78, 5) is 38.6.